The fourth-order valence-corrected chi connectivity index (χ4v) is 3.41. The average Bonchev–Trinajstić information content (AvgIpc) is 1.81. The molecule has 10 heteroatoms. The van der Waals surface area contributed by atoms with Gasteiger partial charge in [0.25, 0.3) is 0 Å². The summed E-state index contributed by atoms with van der Waals surface area (Å²) in [6, 6.07) is 0. The van der Waals surface area contributed by atoms with Crippen LogP contribution in [0.15, 0.2) is 0 Å². The minimum absolute atomic E-state index is 0. The Morgan fingerprint density at radius 1 is 1.29 bits per heavy atom. The van der Waals surface area contributed by atoms with Crippen LogP contribution in [0.1, 0.15) is 0 Å². The molecule has 0 aliphatic rings. The molecule has 0 fully saturated rings. The van der Waals surface area contributed by atoms with E-state index < -0.39 is 23.5 Å². The van der Waals surface area contributed by atoms with Crippen molar-refractivity contribution in [3.05, 3.63) is 0 Å². The summed E-state index contributed by atoms with van der Waals surface area (Å²) in [5.74, 6) is -0.273. The van der Waals surface area contributed by atoms with Gasteiger partial charge >= 0.3 is 37.2 Å². The molecule has 0 aliphatic heterocycles. The van der Waals surface area contributed by atoms with E-state index in [-0.39, 0.29) is 47.2 Å². The third-order valence-electron chi connectivity index (χ3n) is 1.00. The van der Waals surface area contributed by atoms with Crippen LogP contribution in [0.3, 0.4) is 0 Å². The van der Waals surface area contributed by atoms with Crippen molar-refractivity contribution in [2.45, 2.75) is 0 Å². The topological polar surface area (TPSA) is 115 Å². The first kappa shape index (κ1) is 17.8. The molecular weight excluding hydrogens is 262 g/mol. The molecule has 0 saturated carbocycles. The van der Waals surface area contributed by atoms with Crippen molar-refractivity contribution in [2.75, 3.05) is 23.4 Å². The molecule has 0 aliphatic carbocycles. The van der Waals surface area contributed by atoms with E-state index in [4.69, 9.17) is 9.79 Å². The van der Waals surface area contributed by atoms with Crippen molar-refractivity contribution in [3.63, 3.8) is 0 Å². The number of hydrogen-bond donors (Lipinski definition) is 2. The van der Waals surface area contributed by atoms with Crippen LogP contribution in [0.2, 0.25) is 0 Å². The van der Waals surface area contributed by atoms with Crippen molar-refractivity contribution in [2.24, 2.45) is 0 Å². The van der Waals surface area contributed by atoms with E-state index in [0.717, 1.165) is 11.8 Å². The Bertz CT molecular complexity index is 284. The molecule has 0 unspecified atom stereocenters. The largest absolute Gasteiger partial charge is 1.00 e. The van der Waals surface area contributed by atoms with Gasteiger partial charge in [-0.2, -0.15) is 11.8 Å². The summed E-state index contributed by atoms with van der Waals surface area (Å²) < 4.78 is 40.5. The van der Waals surface area contributed by atoms with Crippen molar-refractivity contribution >= 4 is 29.5 Å². The fourth-order valence-electron chi connectivity index (χ4n) is 0.447. The van der Waals surface area contributed by atoms with E-state index in [2.05, 4.69) is 0 Å². The first-order valence-corrected chi connectivity index (χ1v) is 7.79. The van der Waals surface area contributed by atoms with Crippen LogP contribution in [0, 0.1) is 0 Å². The molecule has 0 radical (unpaired) electrons. The molecule has 0 aromatic heterocycles. The molecule has 0 aromatic rings. The van der Waals surface area contributed by atoms with Crippen molar-refractivity contribution in [3.8, 4) is 0 Å². The maximum atomic E-state index is 10.3. The summed E-state index contributed by atoms with van der Waals surface area (Å²) in [7, 11) is -8.20. The SMILES string of the molecule is O=P(O)(O)CCSCCS(=O)(=O)[O-].[Na+]. The fraction of sp³-hybridized carbons (Fsp3) is 1.00. The third kappa shape index (κ3) is 15.9. The molecule has 6 nitrogen and oxygen atoms in total. The predicted molar refractivity (Wildman–Crippen MR) is 48.8 cm³/mol. The maximum Gasteiger partial charge on any atom is 1.00 e. The minimum Gasteiger partial charge on any atom is -0.748 e. The van der Waals surface area contributed by atoms with Crippen LogP contribution in [0.4, 0.5) is 0 Å². The van der Waals surface area contributed by atoms with Crippen LogP contribution >= 0.6 is 19.4 Å². The Hall–Kier alpha value is 1.41. The molecule has 0 aromatic carbocycles. The molecule has 80 valence electrons. The van der Waals surface area contributed by atoms with Crippen molar-refractivity contribution < 1.29 is 56.9 Å². The zero-order chi connectivity index (χ0) is 10.5. The molecule has 14 heavy (non-hydrogen) atoms. The Kier molecular flexibility index (Phi) is 9.72. The van der Waals surface area contributed by atoms with Gasteiger partial charge in [-0.15, -0.1) is 0 Å². The zero-order valence-electron chi connectivity index (χ0n) is 7.62. The normalized spacial score (nSPS) is 12.2. The Morgan fingerprint density at radius 3 is 2.14 bits per heavy atom. The molecule has 0 rings (SSSR count). The zero-order valence-corrected chi connectivity index (χ0v) is 12.1. The van der Waals surface area contributed by atoms with Gasteiger partial charge in [0.05, 0.1) is 16.3 Å². The monoisotopic (exact) mass is 272 g/mol. The van der Waals surface area contributed by atoms with E-state index >= 15 is 0 Å². The van der Waals surface area contributed by atoms with Crippen LogP contribution in [-0.2, 0) is 14.7 Å². The Balaban J connectivity index is 0. The first-order chi connectivity index (χ1) is 5.71. The number of thioether (sulfide) groups is 1. The van der Waals surface area contributed by atoms with E-state index in [1.165, 1.54) is 0 Å². The third-order valence-corrected chi connectivity index (χ3v) is 4.06. The Morgan fingerprint density at radius 2 is 1.79 bits per heavy atom. The summed E-state index contributed by atoms with van der Waals surface area (Å²) in [5, 5.41) is 0. The second kappa shape index (κ2) is 7.65. The van der Waals surface area contributed by atoms with Crippen LogP contribution in [0.5, 0.6) is 0 Å². The summed E-state index contributed by atoms with van der Waals surface area (Å²) >= 11 is 1.04. The van der Waals surface area contributed by atoms with Gasteiger partial charge in [-0.1, -0.05) is 0 Å². The van der Waals surface area contributed by atoms with Gasteiger partial charge in [0.1, 0.15) is 0 Å². The van der Waals surface area contributed by atoms with Gasteiger partial charge in [-0.25, -0.2) is 8.42 Å². The van der Waals surface area contributed by atoms with E-state index in [1.807, 2.05) is 0 Å². The summed E-state index contributed by atoms with van der Waals surface area (Å²) in [4.78, 5) is 16.8. The van der Waals surface area contributed by atoms with Crippen LogP contribution < -0.4 is 29.6 Å². The van der Waals surface area contributed by atoms with Crippen LogP contribution in [-0.4, -0.2) is 46.2 Å². The van der Waals surface area contributed by atoms with Gasteiger partial charge in [-0.3, -0.25) is 4.57 Å². The average molecular weight is 272 g/mol. The predicted octanol–water partition coefficient (Wildman–Crippen LogP) is -3.55. The summed E-state index contributed by atoms with van der Waals surface area (Å²) in [6.07, 6.45) is -0.295. The molecular formula is C4H10NaO6PS2. The Labute approximate surface area is 109 Å². The summed E-state index contributed by atoms with van der Waals surface area (Å²) in [5.41, 5.74) is 0. The smallest absolute Gasteiger partial charge is 0.748 e. The van der Waals surface area contributed by atoms with Gasteiger partial charge in [0, 0.05) is 17.3 Å². The van der Waals surface area contributed by atoms with E-state index in [1.54, 1.807) is 0 Å². The molecule has 0 amide bonds. The van der Waals surface area contributed by atoms with Gasteiger partial charge < -0.3 is 14.3 Å². The molecule has 0 saturated heterocycles. The minimum atomic E-state index is -4.20. The second-order valence-corrected chi connectivity index (χ2v) is 6.79. The van der Waals surface area contributed by atoms with Gasteiger partial charge in [-0.05, 0) is 0 Å². The van der Waals surface area contributed by atoms with Gasteiger partial charge in [0.15, 0.2) is 0 Å². The molecule has 2 N–H and O–H groups in total. The second-order valence-electron chi connectivity index (χ2n) is 2.26. The number of hydrogen-bond acceptors (Lipinski definition) is 5. The molecule has 0 bridgehead atoms. The van der Waals surface area contributed by atoms with Crippen LogP contribution in [0.25, 0.3) is 0 Å². The van der Waals surface area contributed by atoms with E-state index in [0.29, 0.717) is 0 Å². The molecule has 0 spiro atoms. The van der Waals surface area contributed by atoms with Crippen molar-refractivity contribution in [1.29, 1.82) is 0 Å². The van der Waals surface area contributed by atoms with Gasteiger partial charge in [0.2, 0.25) is 0 Å². The number of rotatable bonds is 6. The first-order valence-electron chi connectivity index (χ1n) is 3.26. The van der Waals surface area contributed by atoms with E-state index in [9.17, 15) is 17.5 Å². The standard InChI is InChI=1S/C4H11O6PS2.Na/c5-11(6,7)1-2-12-3-4-13(8,9)10;/h1-4H2,(H2,5,6,7)(H,8,9,10);/q;+1/p-1. The summed E-state index contributed by atoms with van der Waals surface area (Å²) in [6.45, 7) is 0. The molecule has 0 heterocycles. The van der Waals surface area contributed by atoms with Crippen molar-refractivity contribution in [1.82, 2.24) is 0 Å². The maximum absolute atomic E-state index is 10.3. The quantitative estimate of drug-likeness (QED) is 0.222. The molecule has 0 atom stereocenters.